The van der Waals surface area contributed by atoms with E-state index in [1.165, 1.54) is 0 Å². The Morgan fingerprint density at radius 3 is 2.69 bits per heavy atom. The van der Waals surface area contributed by atoms with Crippen LogP contribution in [0.4, 0.5) is 0 Å². The molecule has 0 radical (unpaired) electrons. The lowest BCUT2D eigenvalue weighted by molar-refractivity contribution is -0.135. The van der Waals surface area contributed by atoms with Crippen molar-refractivity contribution >= 4 is 11.9 Å². The summed E-state index contributed by atoms with van der Waals surface area (Å²) in [6.07, 6.45) is 4.29. The number of aliphatic hydroxyl groups is 2. The van der Waals surface area contributed by atoms with Crippen LogP contribution in [0, 0.1) is 17.3 Å². The molecule has 0 aromatic carbocycles. The van der Waals surface area contributed by atoms with Crippen molar-refractivity contribution in [1.82, 2.24) is 5.32 Å². The fourth-order valence-electron chi connectivity index (χ4n) is 5.30. The van der Waals surface area contributed by atoms with Gasteiger partial charge in [-0.05, 0) is 49.9 Å². The van der Waals surface area contributed by atoms with E-state index in [1.54, 1.807) is 6.08 Å². The number of rotatable bonds is 3. The maximum absolute atomic E-state index is 12.2. The SMILES string of the molecule is C=C1CC[C@H]2[C@@](C)(CCC(=O)N[C@@]2(C)CO)[C@@H]1C/C=C1/C(=O)OC[C@H]1O. The molecule has 1 amide bonds. The molecule has 6 nitrogen and oxygen atoms in total. The van der Waals surface area contributed by atoms with Crippen LogP contribution in [0.1, 0.15) is 46.0 Å². The highest BCUT2D eigenvalue weighted by atomic mass is 16.6. The molecule has 2 saturated heterocycles. The second-order valence-corrected chi connectivity index (χ2v) is 8.44. The van der Waals surface area contributed by atoms with Crippen molar-refractivity contribution in [2.45, 2.75) is 57.6 Å². The molecule has 5 atom stereocenters. The van der Waals surface area contributed by atoms with Crippen LogP contribution >= 0.6 is 0 Å². The minimum absolute atomic E-state index is 0.0111. The lowest BCUT2D eigenvalue weighted by atomic mass is 9.53. The van der Waals surface area contributed by atoms with Gasteiger partial charge in [0.25, 0.3) is 0 Å². The molecule has 1 saturated carbocycles. The molecule has 0 aromatic rings. The first-order valence-corrected chi connectivity index (χ1v) is 9.36. The van der Waals surface area contributed by atoms with Crippen molar-refractivity contribution < 1.29 is 24.5 Å². The predicted octanol–water partition coefficient (Wildman–Crippen LogP) is 1.47. The molecule has 1 aliphatic carbocycles. The first kappa shape index (κ1) is 19.1. The molecule has 0 spiro atoms. The fraction of sp³-hybridized carbons (Fsp3) is 0.700. The summed E-state index contributed by atoms with van der Waals surface area (Å²) >= 11 is 0. The number of ether oxygens (including phenoxy) is 1. The molecular formula is C20H29NO5. The highest BCUT2D eigenvalue weighted by Crippen LogP contribution is 2.56. The number of cyclic esters (lactones) is 1. The van der Waals surface area contributed by atoms with E-state index in [4.69, 9.17) is 4.74 Å². The van der Waals surface area contributed by atoms with Crippen molar-refractivity contribution in [1.29, 1.82) is 0 Å². The molecule has 3 aliphatic rings. The van der Waals surface area contributed by atoms with Gasteiger partial charge in [-0.25, -0.2) is 4.79 Å². The average Bonchev–Trinajstić information content (AvgIpc) is 2.86. The van der Waals surface area contributed by atoms with Gasteiger partial charge >= 0.3 is 5.97 Å². The van der Waals surface area contributed by atoms with Crippen LogP contribution in [-0.4, -0.2) is 46.9 Å². The van der Waals surface area contributed by atoms with E-state index in [2.05, 4.69) is 18.8 Å². The minimum Gasteiger partial charge on any atom is -0.459 e. The molecule has 3 fully saturated rings. The van der Waals surface area contributed by atoms with Crippen molar-refractivity contribution in [2.24, 2.45) is 17.3 Å². The van der Waals surface area contributed by atoms with Crippen LogP contribution in [-0.2, 0) is 14.3 Å². The van der Waals surface area contributed by atoms with Crippen molar-refractivity contribution in [3.8, 4) is 0 Å². The van der Waals surface area contributed by atoms with E-state index in [0.717, 1.165) is 18.4 Å². The molecule has 0 bridgehead atoms. The average molecular weight is 363 g/mol. The van der Waals surface area contributed by atoms with Gasteiger partial charge in [0, 0.05) is 6.42 Å². The van der Waals surface area contributed by atoms with Gasteiger partial charge in [-0.3, -0.25) is 4.79 Å². The van der Waals surface area contributed by atoms with E-state index in [9.17, 15) is 19.8 Å². The van der Waals surface area contributed by atoms with Gasteiger partial charge < -0.3 is 20.3 Å². The second-order valence-electron chi connectivity index (χ2n) is 8.44. The smallest absolute Gasteiger partial charge is 0.336 e. The van der Waals surface area contributed by atoms with Gasteiger partial charge in [0.15, 0.2) is 0 Å². The molecule has 144 valence electrons. The monoisotopic (exact) mass is 363 g/mol. The number of nitrogens with one attached hydrogen (secondary N) is 1. The number of amides is 1. The summed E-state index contributed by atoms with van der Waals surface area (Å²) in [6, 6.07) is 0. The summed E-state index contributed by atoms with van der Waals surface area (Å²) < 4.78 is 4.89. The minimum atomic E-state index is -0.872. The van der Waals surface area contributed by atoms with Crippen molar-refractivity contribution in [3.63, 3.8) is 0 Å². The standard InChI is InChI=1S/C20H29NO5/c1-12-4-7-16-19(2,9-8-17(24)21-20(16,3)11-22)14(12)6-5-13-15(23)10-26-18(13)25/h5,14-16,22-23H,1,4,6-11H2,2-3H3,(H,21,24)/b13-5+/t14-,15-,16+,19+,20+/m1/s1. The number of hydrogen-bond acceptors (Lipinski definition) is 5. The van der Waals surface area contributed by atoms with E-state index in [1.807, 2.05) is 6.92 Å². The number of carbonyl (C=O) groups excluding carboxylic acids is 2. The van der Waals surface area contributed by atoms with Crippen LogP contribution in [0.3, 0.4) is 0 Å². The Morgan fingerprint density at radius 1 is 1.35 bits per heavy atom. The third kappa shape index (κ3) is 3.09. The summed E-state index contributed by atoms with van der Waals surface area (Å²) in [5.41, 5.74) is 0.531. The Labute approximate surface area is 154 Å². The Kier molecular flexibility index (Phi) is 5.01. The van der Waals surface area contributed by atoms with E-state index in [-0.39, 0.29) is 36.4 Å². The van der Waals surface area contributed by atoms with Crippen LogP contribution in [0.2, 0.25) is 0 Å². The normalized spacial score (nSPS) is 42.2. The van der Waals surface area contributed by atoms with Crippen molar-refractivity contribution in [2.75, 3.05) is 13.2 Å². The molecule has 3 rings (SSSR count). The number of fused-ring (bicyclic) bond motifs is 1. The zero-order valence-corrected chi connectivity index (χ0v) is 15.6. The van der Waals surface area contributed by atoms with Gasteiger partial charge in [0.05, 0.1) is 17.7 Å². The van der Waals surface area contributed by atoms with E-state index in [0.29, 0.717) is 24.8 Å². The van der Waals surface area contributed by atoms with Gasteiger partial charge in [-0.15, -0.1) is 0 Å². The number of hydrogen-bond donors (Lipinski definition) is 3. The quantitative estimate of drug-likeness (QED) is 0.401. The van der Waals surface area contributed by atoms with Crippen molar-refractivity contribution in [3.05, 3.63) is 23.8 Å². The Balaban J connectivity index is 1.93. The topological polar surface area (TPSA) is 95.9 Å². The summed E-state index contributed by atoms with van der Waals surface area (Å²) in [7, 11) is 0. The number of carbonyl (C=O) groups is 2. The first-order chi connectivity index (χ1) is 12.2. The summed E-state index contributed by atoms with van der Waals surface area (Å²) in [5, 5.41) is 23.0. The Bertz CT molecular complexity index is 657. The Hall–Kier alpha value is -1.66. The van der Waals surface area contributed by atoms with Crippen LogP contribution in [0.15, 0.2) is 23.8 Å². The van der Waals surface area contributed by atoms with E-state index < -0.39 is 17.6 Å². The van der Waals surface area contributed by atoms with Gasteiger partial charge in [0.1, 0.15) is 12.7 Å². The maximum atomic E-state index is 12.2. The lowest BCUT2D eigenvalue weighted by Gasteiger charge is -2.53. The fourth-order valence-corrected chi connectivity index (χ4v) is 5.30. The highest BCUT2D eigenvalue weighted by Gasteiger charge is 2.54. The third-order valence-corrected chi connectivity index (χ3v) is 6.79. The first-order valence-electron chi connectivity index (χ1n) is 9.36. The largest absolute Gasteiger partial charge is 0.459 e. The molecule has 0 unspecified atom stereocenters. The number of aliphatic hydroxyl groups excluding tert-OH is 2. The summed E-state index contributed by atoms with van der Waals surface area (Å²) in [4.78, 5) is 24.0. The Morgan fingerprint density at radius 2 is 2.08 bits per heavy atom. The predicted molar refractivity (Wildman–Crippen MR) is 96.0 cm³/mol. The zero-order chi connectivity index (χ0) is 19.1. The molecule has 2 heterocycles. The summed E-state index contributed by atoms with van der Waals surface area (Å²) in [5.74, 6) is -0.304. The van der Waals surface area contributed by atoms with Crippen LogP contribution in [0.5, 0.6) is 0 Å². The lowest BCUT2D eigenvalue weighted by Crippen LogP contribution is -2.58. The molecule has 2 aliphatic heterocycles. The summed E-state index contributed by atoms with van der Waals surface area (Å²) in [6.45, 7) is 8.25. The molecular weight excluding hydrogens is 334 g/mol. The molecule has 0 aromatic heterocycles. The van der Waals surface area contributed by atoms with Gasteiger partial charge in [-0.2, -0.15) is 0 Å². The molecule has 6 heteroatoms. The van der Waals surface area contributed by atoms with Gasteiger partial charge in [-0.1, -0.05) is 25.2 Å². The molecule has 3 N–H and O–H groups in total. The highest BCUT2D eigenvalue weighted by molar-refractivity contribution is 5.91. The second kappa shape index (κ2) is 6.82. The number of allylic oxidation sites excluding steroid dienone is 2. The van der Waals surface area contributed by atoms with E-state index >= 15 is 0 Å². The number of esters is 1. The van der Waals surface area contributed by atoms with Crippen LogP contribution < -0.4 is 5.32 Å². The molecule has 26 heavy (non-hydrogen) atoms. The third-order valence-electron chi connectivity index (χ3n) is 6.79. The zero-order valence-electron chi connectivity index (χ0n) is 15.6. The van der Waals surface area contributed by atoms with Gasteiger partial charge in [0.2, 0.25) is 5.91 Å². The van der Waals surface area contributed by atoms with Crippen LogP contribution in [0.25, 0.3) is 0 Å². The maximum Gasteiger partial charge on any atom is 0.336 e.